The number of ether oxygens (including phenoxy) is 1. The lowest BCUT2D eigenvalue weighted by atomic mass is 9.98. The minimum atomic E-state index is -3.56. The Bertz CT molecular complexity index is 938. The second-order valence-corrected chi connectivity index (χ2v) is 9.15. The van der Waals surface area contributed by atoms with Crippen molar-refractivity contribution in [3.63, 3.8) is 0 Å². The number of para-hydroxylation sites is 1. The number of amides is 1. The largest absolute Gasteiger partial charge is 0.484 e. The van der Waals surface area contributed by atoms with Gasteiger partial charge in [0.15, 0.2) is 6.61 Å². The number of carbonyl (C=O) groups is 1. The lowest BCUT2D eigenvalue weighted by Gasteiger charge is -2.16. The van der Waals surface area contributed by atoms with Crippen molar-refractivity contribution in [2.45, 2.75) is 57.9 Å². The summed E-state index contributed by atoms with van der Waals surface area (Å²) in [7, 11) is -3.56. The third kappa shape index (κ3) is 6.30. The van der Waals surface area contributed by atoms with Gasteiger partial charge in [-0.2, -0.15) is 0 Å². The number of hydrogen-bond donors (Lipinski definition) is 2. The highest BCUT2D eigenvalue weighted by Gasteiger charge is 2.17. The van der Waals surface area contributed by atoms with Gasteiger partial charge < -0.3 is 10.1 Å². The van der Waals surface area contributed by atoms with Gasteiger partial charge in [-0.05, 0) is 61.6 Å². The molecule has 0 spiro atoms. The van der Waals surface area contributed by atoms with Crippen LogP contribution >= 0.6 is 0 Å². The van der Waals surface area contributed by atoms with Gasteiger partial charge >= 0.3 is 0 Å². The number of carbonyl (C=O) groups excluding carboxylic acids is 1. The quantitative estimate of drug-likeness (QED) is 0.639. The summed E-state index contributed by atoms with van der Waals surface area (Å²) in [6, 6.07) is 11.8. The van der Waals surface area contributed by atoms with Gasteiger partial charge in [0.1, 0.15) is 5.75 Å². The number of aryl methyl sites for hydroxylation is 1. The molecule has 0 aliphatic rings. The first kappa shape index (κ1) is 22.9. The zero-order valence-corrected chi connectivity index (χ0v) is 18.5. The molecule has 2 aromatic carbocycles. The SMILES string of the molecule is CC[C@@H](C)NS(=O)(=O)c1ccc(OCC(=O)Nc2c(C)cccc2C(C)C)cc1. The van der Waals surface area contributed by atoms with Crippen molar-refractivity contribution in [2.75, 3.05) is 11.9 Å². The first-order valence-corrected chi connectivity index (χ1v) is 11.3. The molecule has 1 amide bonds. The maximum Gasteiger partial charge on any atom is 0.262 e. The molecule has 0 bridgehead atoms. The third-order valence-corrected chi connectivity index (χ3v) is 6.27. The monoisotopic (exact) mass is 418 g/mol. The predicted octanol–water partition coefficient (Wildman–Crippen LogP) is 4.21. The van der Waals surface area contributed by atoms with Crippen molar-refractivity contribution in [1.82, 2.24) is 4.72 Å². The van der Waals surface area contributed by atoms with Crippen molar-refractivity contribution in [2.24, 2.45) is 0 Å². The zero-order chi connectivity index (χ0) is 21.6. The molecule has 0 heterocycles. The summed E-state index contributed by atoms with van der Waals surface area (Å²) in [4.78, 5) is 12.5. The molecule has 0 saturated heterocycles. The van der Waals surface area contributed by atoms with Crippen LogP contribution in [0.4, 0.5) is 5.69 Å². The maximum absolute atomic E-state index is 12.4. The predicted molar refractivity (Wildman–Crippen MR) is 116 cm³/mol. The van der Waals surface area contributed by atoms with E-state index in [-0.39, 0.29) is 29.4 Å². The Morgan fingerprint density at radius 2 is 1.72 bits per heavy atom. The highest BCUT2D eigenvalue weighted by atomic mass is 32.2. The second kappa shape index (κ2) is 9.89. The number of sulfonamides is 1. The average molecular weight is 419 g/mol. The summed E-state index contributed by atoms with van der Waals surface area (Å²) >= 11 is 0. The van der Waals surface area contributed by atoms with E-state index in [1.807, 2.05) is 39.0 Å². The van der Waals surface area contributed by atoms with Gasteiger partial charge in [0.05, 0.1) is 4.90 Å². The van der Waals surface area contributed by atoms with E-state index in [2.05, 4.69) is 23.9 Å². The Labute approximate surface area is 173 Å². The summed E-state index contributed by atoms with van der Waals surface area (Å²) in [5, 5.41) is 2.92. The first-order valence-electron chi connectivity index (χ1n) is 9.78. The summed E-state index contributed by atoms with van der Waals surface area (Å²) < 4.78 is 32.7. The number of benzene rings is 2. The summed E-state index contributed by atoms with van der Waals surface area (Å²) in [6.45, 7) is 9.67. The first-order chi connectivity index (χ1) is 13.6. The maximum atomic E-state index is 12.4. The van der Waals surface area contributed by atoms with Crippen molar-refractivity contribution in [3.8, 4) is 5.75 Å². The van der Waals surface area contributed by atoms with E-state index < -0.39 is 10.0 Å². The van der Waals surface area contributed by atoms with Crippen LogP contribution in [0.15, 0.2) is 47.4 Å². The fourth-order valence-corrected chi connectivity index (χ4v) is 4.12. The topological polar surface area (TPSA) is 84.5 Å². The molecule has 0 radical (unpaired) electrons. The van der Waals surface area contributed by atoms with E-state index >= 15 is 0 Å². The fraction of sp³-hybridized carbons (Fsp3) is 0.409. The highest BCUT2D eigenvalue weighted by molar-refractivity contribution is 7.89. The molecule has 0 aliphatic heterocycles. The second-order valence-electron chi connectivity index (χ2n) is 7.43. The number of hydrogen-bond acceptors (Lipinski definition) is 4. The molecule has 2 aromatic rings. The normalized spacial score (nSPS) is 12.6. The van der Waals surface area contributed by atoms with Gasteiger partial charge in [-0.1, -0.05) is 39.0 Å². The lowest BCUT2D eigenvalue weighted by molar-refractivity contribution is -0.118. The third-order valence-electron chi connectivity index (χ3n) is 4.66. The Balaban J connectivity index is 2.00. The van der Waals surface area contributed by atoms with Crippen LogP contribution in [0.1, 0.15) is 51.2 Å². The van der Waals surface area contributed by atoms with E-state index in [1.54, 1.807) is 12.1 Å². The van der Waals surface area contributed by atoms with Crippen molar-refractivity contribution in [1.29, 1.82) is 0 Å². The molecule has 1 atom stereocenters. The van der Waals surface area contributed by atoms with E-state index in [9.17, 15) is 13.2 Å². The van der Waals surface area contributed by atoms with Crippen molar-refractivity contribution >= 4 is 21.6 Å². The summed E-state index contributed by atoms with van der Waals surface area (Å²) in [5.74, 6) is 0.442. The van der Waals surface area contributed by atoms with E-state index in [4.69, 9.17) is 4.74 Å². The van der Waals surface area contributed by atoms with Crippen LogP contribution < -0.4 is 14.8 Å². The molecule has 0 unspecified atom stereocenters. The van der Waals surface area contributed by atoms with Gasteiger partial charge in [0, 0.05) is 11.7 Å². The average Bonchev–Trinajstić information content (AvgIpc) is 2.67. The number of nitrogens with one attached hydrogen (secondary N) is 2. The minimum absolute atomic E-state index is 0.142. The van der Waals surface area contributed by atoms with E-state index in [0.717, 1.165) is 16.8 Å². The fourth-order valence-electron chi connectivity index (χ4n) is 2.80. The minimum Gasteiger partial charge on any atom is -0.484 e. The van der Waals surface area contributed by atoms with Crippen LogP contribution in [0.5, 0.6) is 5.75 Å². The van der Waals surface area contributed by atoms with Gasteiger partial charge in [0.2, 0.25) is 10.0 Å². The van der Waals surface area contributed by atoms with Crippen LogP contribution in [-0.4, -0.2) is 27.0 Å². The van der Waals surface area contributed by atoms with Crippen LogP contribution in [-0.2, 0) is 14.8 Å². The van der Waals surface area contributed by atoms with Crippen LogP contribution in [0.25, 0.3) is 0 Å². The summed E-state index contributed by atoms with van der Waals surface area (Å²) in [5.41, 5.74) is 2.88. The smallest absolute Gasteiger partial charge is 0.262 e. The molecule has 0 aliphatic carbocycles. The van der Waals surface area contributed by atoms with Gasteiger partial charge in [-0.15, -0.1) is 0 Å². The van der Waals surface area contributed by atoms with E-state index in [1.165, 1.54) is 12.1 Å². The van der Waals surface area contributed by atoms with Crippen LogP contribution in [0.3, 0.4) is 0 Å². The number of anilines is 1. The molecule has 158 valence electrons. The molecule has 0 saturated carbocycles. The molecule has 2 rings (SSSR count). The molecular weight excluding hydrogens is 388 g/mol. The highest BCUT2D eigenvalue weighted by Crippen LogP contribution is 2.27. The molecule has 29 heavy (non-hydrogen) atoms. The summed E-state index contributed by atoms with van der Waals surface area (Å²) in [6.07, 6.45) is 0.703. The molecule has 2 N–H and O–H groups in total. The Kier molecular flexibility index (Phi) is 7.81. The van der Waals surface area contributed by atoms with Gasteiger partial charge in [-0.25, -0.2) is 13.1 Å². The van der Waals surface area contributed by atoms with Crippen LogP contribution in [0, 0.1) is 6.92 Å². The Morgan fingerprint density at radius 1 is 1.07 bits per heavy atom. The van der Waals surface area contributed by atoms with Gasteiger partial charge in [0.25, 0.3) is 5.91 Å². The zero-order valence-electron chi connectivity index (χ0n) is 17.7. The van der Waals surface area contributed by atoms with Crippen molar-refractivity contribution in [3.05, 3.63) is 53.6 Å². The molecule has 6 nitrogen and oxygen atoms in total. The lowest BCUT2D eigenvalue weighted by Crippen LogP contribution is -2.31. The molecule has 0 aromatic heterocycles. The Morgan fingerprint density at radius 3 is 2.31 bits per heavy atom. The number of rotatable bonds is 9. The molecular formula is C22H30N2O4S. The van der Waals surface area contributed by atoms with Crippen molar-refractivity contribution < 1.29 is 17.9 Å². The standard InChI is InChI=1S/C22H30N2O4S/c1-6-17(5)24-29(26,27)19-12-10-18(11-13-19)28-14-21(25)23-22-16(4)8-7-9-20(22)15(2)3/h7-13,15,17,24H,6,14H2,1-5H3,(H,23,25)/t17-/m1/s1. The molecule has 0 fully saturated rings. The van der Waals surface area contributed by atoms with E-state index in [0.29, 0.717) is 12.2 Å². The van der Waals surface area contributed by atoms with Gasteiger partial charge in [-0.3, -0.25) is 4.79 Å². The molecule has 7 heteroatoms. The van der Waals surface area contributed by atoms with Crippen LogP contribution in [0.2, 0.25) is 0 Å². The Hall–Kier alpha value is -2.38.